The average Bonchev–Trinajstić information content (AvgIpc) is 2.95. The minimum atomic E-state index is 0.130. The number of aromatic nitrogens is 3. The summed E-state index contributed by atoms with van der Waals surface area (Å²) in [4.78, 5) is 5.74. The van der Waals surface area contributed by atoms with Gasteiger partial charge in [-0.1, -0.05) is 20.8 Å². The molecule has 2 rings (SSSR count). The second-order valence-corrected chi connectivity index (χ2v) is 7.15. The van der Waals surface area contributed by atoms with Gasteiger partial charge >= 0.3 is 0 Å². The van der Waals surface area contributed by atoms with Crippen molar-refractivity contribution in [2.75, 3.05) is 5.32 Å². The molecule has 0 amide bonds. The Morgan fingerprint density at radius 2 is 2.05 bits per heavy atom. The second kappa shape index (κ2) is 5.33. The fourth-order valence-corrected chi connectivity index (χ4v) is 2.55. The van der Waals surface area contributed by atoms with Crippen molar-refractivity contribution in [1.29, 1.82) is 0 Å². The van der Waals surface area contributed by atoms with Crippen molar-refractivity contribution < 1.29 is 0 Å². The van der Waals surface area contributed by atoms with Gasteiger partial charge in [0.1, 0.15) is 0 Å². The van der Waals surface area contributed by atoms with Crippen molar-refractivity contribution in [2.45, 2.75) is 52.6 Å². The smallest absolute Gasteiger partial charge is 0.0981 e. The van der Waals surface area contributed by atoms with Crippen molar-refractivity contribution in [3.8, 4) is 0 Å². The second-order valence-electron chi connectivity index (χ2n) is 6.04. The van der Waals surface area contributed by atoms with Crippen molar-refractivity contribution in [1.82, 2.24) is 14.8 Å². The van der Waals surface area contributed by atoms with Crippen LogP contribution in [0.15, 0.2) is 18.6 Å². The fraction of sp³-hybridized carbons (Fsp3) is 0.571. The van der Waals surface area contributed by atoms with Crippen LogP contribution in [-0.4, -0.2) is 14.8 Å². The normalized spacial score (nSPS) is 12.1. The molecule has 19 heavy (non-hydrogen) atoms. The Bertz CT molecular complexity index is 534. The predicted octanol–water partition coefficient (Wildman–Crippen LogP) is 3.83. The molecular weight excluding hydrogens is 256 g/mol. The first-order chi connectivity index (χ1) is 8.86. The minimum Gasteiger partial charge on any atom is -0.378 e. The third kappa shape index (κ3) is 3.56. The molecule has 0 saturated heterocycles. The zero-order chi connectivity index (χ0) is 14.0. The molecule has 0 saturated carbocycles. The maximum atomic E-state index is 4.49. The molecule has 0 aliphatic carbocycles. The van der Waals surface area contributed by atoms with Crippen LogP contribution in [0.1, 0.15) is 50.5 Å². The molecule has 1 N–H and O–H groups in total. The SMILES string of the molecule is CC(C)n1cc(NCc2cnc(C(C)(C)C)s2)cn1. The van der Waals surface area contributed by atoms with Gasteiger partial charge in [-0.15, -0.1) is 11.3 Å². The molecule has 2 aromatic heterocycles. The van der Waals surface area contributed by atoms with Crippen LogP contribution in [-0.2, 0) is 12.0 Å². The summed E-state index contributed by atoms with van der Waals surface area (Å²) in [6, 6.07) is 0.395. The van der Waals surface area contributed by atoms with Crippen LogP contribution >= 0.6 is 11.3 Å². The van der Waals surface area contributed by atoms with Crippen molar-refractivity contribution in [3.05, 3.63) is 28.5 Å². The van der Waals surface area contributed by atoms with Gasteiger partial charge in [0, 0.05) is 28.7 Å². The summed E-state index contributed by atoms with van der Waals surface area (Å²) < 4.78 is 1.95. The number of nitrogens with zero attached hydrogens (tertiary/aromatic N) is 3. The average molecular weight is 278 g/mol. The molecule has 0 spiro atoms. The van der Waals surface area contributed by atoms with E-state index in [2.05, 4.69) is 50.0 Å². The summed E-state index contributed by atoms with van der Waals surface area (Å²) in [7, 11) is 0. The Morgan fingerprint density at radius 1 is 1.32 bits per heavy atom. The van der Waals surface area contributed by atoms with Gasteiger partial charge < -0.3 is 5.32 Å². The molecule has 5 heteroatoms. The first-order valence-corrected chi connectivity index (χ1v) is 7.41. The zero-order valence-electron chi connectivity index (χ0n) is 12.3. The third-order valence-corrected chi connectivity index (χ3v) is 4.22. The maximum absolute atomic E-state index is 4.49. The van der Waals surface area contributed by atoms with Crippen LogP contribution in [0.4, 0.5) is 5.69 Å². The summed E-state index contributed by atoms with van der Waals surface area (Å²) in [5.74, 6) is 0. The number of hydrogen-bond acceptors (Lipinski definition) is 4. The van der Waals surface area contributed by atoms with Crippen LogP contribution in [0, 0.1) is 0 Å². The van der Waals surface area contributed by atoms with Crippen LogP contribution < -0.4 is 5.32 Å². The quantitative estimate of drug-likeness (QED) is 0.924. The van der Waals surface area contributed by atoms with E-state index in [-0.39, 0.29) is 5.41 Å². The van der Waals surface area contributed by atoms with E-state index >= 15 is 0 Å². The van der Waals surface area contributed by atoms with E-state index in [1.165, 1.54) is 9.88 Å². The van der Waals surface area contributed by atoms with Crippen molar-refractivity contribution in [2.24, 2.45) is 0 Å². The highest BCUT2D eigenvalue weighted by Crippen LogP contribution is 2.27. The molecule has 0 bridgehead atoms. The van der Waals surface area contributed by atoms with Gasteiger partial charge in [-0.05, 0) is 13.8 Å². The fourth-order valence-electron chi connectivity index (χ4n) is 1.64. The molecule has 2 aromatic rings. The summed E-state index contributed by atoms with van der Waals surface area (Å²) in [5, 5.41) is 8.89. The van der Waals surface area contributed by atoms with Gasteiger partial charge in [0.15, 0.2) is 0 Å². The maximum Gasteiger partial charge on any atom is 0.0981 e. The molecule has 0 aromatic carbocycles. The highest BCUT2D eigenvalue weighted by molar-refractivity contribution is 7.11. The lowest BCUT2D eigenvalue weighted by molar-refractivity contribution is 0.532. The number of hydrogen-bond donors (Lipinski definition) is 1. The van der Waals surface area contributed by atoms with E-state index in [4.69, 9.17) is 0 Å². The van der Waals surface area contributed by atoms with Crippen molar-refractivity contribution in [3.63, 3.8) is 0 Å². The molecular formula is C14H22N4S. The minimum absolute atomic E-state index is 0.130. The van der Waals surface area contributed by atoms with Crippen LogP contribution in [0.5, 0.6) is 0 Å². The molecule has 104 valence electrons. The molecule has 0 aliphatic rings. The lowest BCUT2D eigenvalue weighted by Gasteiger charge is -2.13. The van der Waals surface area contributed by atoms with Crippen LogP contribution in [0.3, 0.4) is 0 Å². The number of rotatable bonds is 4. The van der Waals surface area contributed by atoms with E-state index in [1.807, 2.05) is 23.3 Å². The van der Waals surface area contributed by atoms with Gasteiger partial charge in [-0.25, -0.2) is 4.98 Å². The Labute approximate surface area is 118 Å². The van der Waals surface area contributed by atoms with Gasteiger partial charge in [0.05, 0.1) is 23.4 Å². The highest BCUT2D eigenvalue weighted by atomic mass is 32.1. The molecule has 0 atom stereocenters. The first kappa shape index (κ1) is 14.1. The van der Waals surface area contributed by atoms with Gasteiger partial charge in [-0.2, -0.15) is 5.10 Å². The first-order valence-electron chi connectivity index (χ1n) is 6.59. The molecule has 0 radical (unpaired) electrons. The topological polar surface area (TPSA) is 42.7 Å². The Hall–Kier alpha value is -1.36. The third-order valence-electron chi connectivity index (χ3n) is 2.79. The van der Waals surface area contributed by atoms with Gasteiger partial charge in [0.25, 0.3) is 0 Å². The Kier molecular flexibility index (Phi) is 3.94. The van der Waals surface area contributed by atoms with E-state index in [0.717, 1.165) is 12.2 Å². The molecule has 0 fully saturated rings. The number of anilines is 1. The molecule has 0 unspecified atom stereocenters. The number of thiazole rings is 1. The lowest BCUT2D eigenvalue weighted by Crippen LogP contribution is -2.09. The summed E-state index contributed by atoms with van der Waals surface area (Å²) in [5.41, 5.74) is 1.19. The van der Waals surface area contributed by atoms with E-state index in [9.17, 15) is 0 Å². The van der Waals surface area contributed by atoms with Crippen LogP contribution in [0.25, 0.3) is 0 Å². The highest BCUT2D eigenvalue weighted by Gasteiger charge is 2.17. The van der Waals surface area contributed by atoms with Gasteiger partial charge in [0.2, 0.25) is 0 Å². The molecule has 2 heterocycles. The molecule has 0 aliphatic heterocycles. The Balaban J connectivity index is 1.96. The number of nitrogens with one attached hydrogen (secondary N) is 1. The largest absolute Gasteiger partial charge is 0.378 e. The monoisotopic (exact) mass is 278 g/mol. The summed E-state index contributed by atoms with van der Waals surface area (Å²) in [6.45, 7) is 11.6. The summed E-state index contributed by atoms with van der Waals surface area (Å²) in [6.07, 6.45) is 5.87. The predicted molar refractivity (Wildman–Crippen MR) is 80.8 cm³/mol. The van der Waals surface area contributed by atoms with Crippen LogP contribution in [0.2, 0.25) is 0 Å². The van der Waals surface area contributed by atoms with Crippen molar-refractivity contribution >= 4 is 17.0 Å². The Morgan fingerprint density at radius 3 is 2.58 bits per heavy atom. The van der Waals surface area contributed by atoms with E-state index < -0.39 is 0 Å². The van der Waals surface area contributed by atoms with Gasteiger partial charge in [-0.3, -0.25) is 4.68 Å². The zero-order valence-corrected chi connectivity index (χ0v) is 13.1. The van der Waals surface area contributed by atoms with E-state index in [1.54, 1.807) is 11.3 Å². The standard InChI is InChI=1S/C14H22N4S/c1-10(2)18-9-11(6-17-18)15-7-12-8-16-13(19-12)14(3,4)5/h6,8-10,15H,7H2,1-5H3. The molecule has 4 nitrogen and oxygen atoms in total. The summed E-state index contributed by atoms with van der Waals surface area (Å²) >= 11 is 1.77. The van der Waals surface area contributed by atoms with E-state index in [0.29, 0.717) is 6.04 Å². The lowest BCUT2D eigenvalue weighted by atomic mass is 9.98.